The molecule has 0 aliphatic carbocycles. The van der Waals surface area contributed by atoms with Crippen molar-refractivity contribution in [2.75, 3.05) is 0 Å². The molecule has 0 saturated carbocycles. The summed E-state index contributed by atoms with van der Waals surface area (Å²) in [5.41, 5.74) is 2.54. The highest BCUT2D eigenvalue weighted by Crippen LogP contribution is 2.14. The third kappa shape index (κ3) is 6.50. The van der Waals surface area contributed by atoms with Gasteiger partial charge in [-0.25, -0.2) is 0 Å². The van der Waals surface area contributed by atoms with E-state index < -0.39 is 0 Å². The van der Waals surface area contributed by atoms with Crippen LogP contribution in [0, 0.1) is 0 Å². The second-order valence-corrected chi connectivity index (χ2v) is 3.11. The van der Waals surface area contributed by atoms with Crippen molar-refractivity contribution < 1.29 is 0 Å². The zero-order valence-corrected chi connectivity index (χ0v) is 9.74. The monoisotopic (exact) mass is 200 g/mol. The Kier molecular flexibility index (Phi) is 8.08. The Bertz CT molecular complexity index is 309. The normalized spacial score (nSPS) is 13.7. The Morgan fingerprint density at radius 3 is 2.20 bits per heavy atom. The molecule has 15 heavy (non-hydrogen) atoms. The minimum atomic E-state index is 0.928. The van der Waals surface area contributed by atoms with Crippen LogP contribution in [0.3, 0.4) is 0 Å². The molecular formula is C15H20. The first kappa shape index (κ1) is 13.4. The molecule has 0 atom stereocenters. The summed E-state index contributed by atoms with van der Waals surface area (Å²) in [7, 11) is 0. The van der Waals surface area contributed by atoms with Gasteiger partial charge in [0.1, 0.15) is 0 Å². The van der Waals surface area contributed by atoms with E-state index in [1.807, 2.05) is 38.2 Å². The third-order valence-corrected chi connectivity index (χ3v) is 1.94. The second kappa shape index (κ2) is 9.01. The fraction of sp³-hybridized carbons (Fsp3) is 0.200. The predicted octanol–water partition coefficient (Wildman–Crippen LogP) is 4.75. The lowest BCUT2D eigenvalue weighted by molar-refractivity contribution is 1.20. The molecule has 80 valence electrons. The van der Waals surface area contributed by atoms with Crippen molar-refractivity contribution in [3.05, 3.63) is 72.9 Å². The van der Waals surface area contributed by atoms with E-state index in [9.17, 15) is 0 Å². The van der Waals surface area contributed by atoms with Gasteiger partial charge in [-0.15, -0.1) is 0 Å². The molecule has 0 N–H and O–H groups in total. The molecule has 0 amide bonds. The van der Waals surface area contributed by atoms with E-state index in [0.717, 1.165) is 6.42 Å². The summed E-state index contributed by atoms with van der Waals surface area (Å²) >= 11 is 0. The molecule has 0 nitrogen and oxygen atoms in total. The first-order chi connectivity index (χ1) is 7.28. The molecule has 0 aromatic rings. The topological polar surface area (TPSA) is 0 Å². The van der Waals surface area contributed by atoms with Gasteiger partial charge in [0.15, 0.2) is 0 Å². The van der Waals surface area contributed by atoms with Crippen LogP contribution in [0.2, 0.25) is 0 Å². The molecule has 0 heterocycles. The average Bonchev–Trinajstić information content (AvgIpc) is 2.24. The lowest BCUT2D eigenvalue weighted by Gasteiger charge is -2.02. The molecule has 0 unspecified atom stereocenters. The largest absolute Gasteiger partial charge is 0.0991 e. The number of hydrogen-bond acceptors (Lipinski definition) is 0. The zero-order valence-electron chi connectivity index (χ0n) is 9.74. The minimum absolute atomic E-state index is 0.928. The highest BCUT2D eigenvalue weighted by Gasteiger charge is 1.94. The first-order valence-electron chi connectivity index (χ1n) is 5.17. The van der Waals surface area contributed by atoms with E-state index >= 15 is 0 Å². The second-order valence-electron chi connectivity index (χ2n) is 3.11. The van der Waals surface area contributed by atoms with Crippen LogP contribution >= 0.6 is 0 Å². The maximum Gasteiger partial charge on any atom is -0.00292 e. The Morgan fingerprint density at radius 2 is 1.73 bits per heavy atom. The standard InChI is InChI=1S/C15H20/c1-5-9-12-14(8-4)13-15(10-6-2)11-7-3/h5-12H,1-2,13H2,3-4H3/b11-7-,12-9-,14-8+,15-10+. The number of hydrogen-bond donors (Lipinski definition) is 0. The van der Waals surface area contributed by atoms with Gasteiger partial charge in [-0.1, -0.05) is 61.8 Å². The molecule has 0 fully saturated rings. The van der Waals surface area contributed by atoms with E-state index in [2.05, 4.69) is 31.4 Å². The molecular weight excluding hydrogens is 180 g/mol. The van der Waals surface area contributed by atoms with E-state index in [4.69, 9.17) is 0 Å². The van der Waals surface area contributed by atoms with Gasteiger partial charge in [-0.05, 0) is 31.4 Å². The smallest absolute Gasteiger partial charge is 0.00292 e. The third-order valence-electron chi connectivity index (χ3n) is 1.94. The fourth-order valence-corrected chi connectivity index (χ4v) is 1.22. The van der Waals surface area contributed by atoms with E-state index in [-0.39, 0.29) is 0 Å². The summed E-state index contributed by atoms with van der Waals surface area (Å²) in [5, 5.41) is 0. The zero-order chi connectivity index (χ0) is 11.5. The van der Waals surface area contributed by atoms with Gasteiger partial charge in [0, 0.05) is 0 Å². The molecule has 0 aromatic carbocycles. The molecule has 0 spiro atoms. The van der Waals surface area contributed by atoms with Crippen molar-refractivity contribution in [3.63, 3.8) is 0 Å². The van der Waals surface area contributed by atoms with Crippen molar-refractivity contribution in [1.82, 2.24) is 0 Å². The molecule has 0 bridgehead atoms. The minimum Gasteiger partial charge on any atom is -0.0991 e. The van der Waals surface area contributed by atoms with E-state index in [0.29, 0.717) is 0 Å². The van der Waals surface area contributed by atoms with Crippen LogP contribution in [0.4, 0.5) is 0 Å². The Hall–Kier alpha value is -1.56. The van der Waals surface area contributed by atoms with Gasteiger partial charge < -0.3 is 0 Å². The molecule has 0 radical (unpaired) electrons. The summed E-state index contributed by atoms with van der Waals surface area (Å²) in [4.78, 5) is 0. The van der Waals surface area contributed by atoms with Gasteiger partial charge in [0.2, 0.25) is 0 Å². The Balaban J connectivity index is 4.64. The maximum absolute atomic E-state index is 3.71. The van der Waals surface area contributed by atoms with Crippen LogP contribution in [0.25, 0.3) is 0 Å². The van der Waals surface area contributed by atoms with Gasteiger partial charge in [-0.3, -0.25) is 0 Å². The fourth-order valence-electron chi connectivity index (χ4n) is 1.22. The highest BCUT2D eigenvalue weighted by molar-refractivity contribution is 5.33. The summed E-state index contributed by atoms with van der Waals surface area (Å²) < 4.78 is 0. The summed E-state index contributed by atoms with van der Waals surface area (Å²) in [5.74, 6) is 0. The van der Waals surface area contributed by atoms with Gasteiger partial charge in [-0.2, -0.15) is 0 Å². The lowest BCUT2D eigenvalue weighted by Crippen LogP contribution is -1.82. The quantitative estimate of drug-likeness (QED) is 0.543. The van der Waals surface area contributed by atoms with E-state index in [1.54, 1.807) is 6.08 Å². The molecule has 0 aliphatic rings. The van der Waals surface area contributed by atoms with Crippen LogP contribution < -0.4 is 0 Å². The molecule has 0 aromatic heterocycles. The van der Waals surface area contributed by atoms with E-state index in [1.165, 1.54) is 11.1 Å². The SMILES string of the molecule is C=C/C=C\C(=C/C)CC(/C=C\C)=C/C=C. The Labute approximate surface area is 93.7 Å². The molecule has 0 aliphatic heterocycles. The lowest BCUT2D eigenvalue weighted by atomic mass is 10.0. The number of rotatable bonds is 6. The van der Waals surface area contributed by atoms with Gasteiger partial charge in [0.25, 0.3) is 0 Å². The van der Waals surface area contributed by atoms with Crippen LogP contribution in [0.15, 0.2) is 72.9 Å². The van der Waals surface area contributed by atoms with Crippen molar-refractivity contribution in [1.29, 1.82) is 0 Å². The molecule has 0 saturated heterocycles. The summed E-state index contributed by atoms with van der Waals surface area (Å²) in [6.45, 7) is 11.4. The average molecular weight is 200 g/mol. The van der Waals surface area contributed by atoms with Gasteiger partial charge in [0.05, 0.1) is 0 Å². The predicted molar refractivity (Wildman–Crippen MR) is 70.8 cm³/mol. The van der Waals surface area contributed by atoms with Gasteiger partial charge >= 0.3 is 0 Å². The van der Waals surface area contributed by atoms with Crippen molar-refractivity contribution in [3.8, 4) is 0 Å². The van der Waals surface area contributed by atoms with Crippen molar-refractivity contribution >= 4 is 0 Å². The maximum atomic E-state index is 3.71. The van der Waals surface area contributed by atoms with Crippen LogP contribution in [-0.4, -0.2) is 0 Å². The Morgan fingerprint density at radius 1 is 1.00 bits per heavy atom. The summed E-state index contributed by atoms with van der Waals surface area (Å²) in [6.07, 6.45) is 16.9. The van der Waals surface area contributed by atoms with Crippen molar-refractivity contribution in [2.45, 2.75) is 20.3 Å². The van der Waals surface area contributed by atoms with Crippen LogP contribution in [-0.2, 0) is 0 Å². The number of allylic oxidation sites excluding steroid dienone is 10. The van der Waals surface area contributed by atoms with Crippen LogP contribution in [0.5, 0.6) is 0 Å². The highest BCUT2D eigenvalue weighted by atomic mass is 14.0. The molecule has 0 heteroatoms. The van der Waals surface area contributed by atoms with Crippen LogP contribution in [0.1, 0.15) is 20.3 Å². The summed E-state index contributed by atoms with van der Waals surface area (Å²) in [6, 6.07) is 0. The van der Waals surface area contributed by atoms with Crippen molar-refractivity contribution in [2.24, 2.45) is 0 Å². The molecule has 0 rings (SSSR count). The first-order valence-corrected chi connectivity index (χ1v) is 5.17.